The highest BCUT2D eigenvalue weighted by molar-refractivity contribution is 5.85. The zero-order chi connectivity index (χ0) is 25.2. The summed E-state index contributed by atoms with van der Waals surface area (Å²) >= 11 is 0. The van der Waals surface area contributed by atoms with Crippen molar-refractivity contribution in [1.29, 1.82) is 0 Å². The number of halogens is 3. The molecule has 0 spiro atoms. The smallest absolute Gasteiger partial charge is 0.252 e. The standard InChI is InChI=1S/C26H30F3NO5/c1-4-30-24(31)26(33-14-16-5-8-18(27)9-6-16)12-21(23-22(13-26)34-25(2,3)35-23)32-15-17-7-10-19(28)11-20(17)29/h5-11,21-23H,4,12-15H2,1-3H3,(H,30,31)/t21?,22-,23+,26-/m1/s1. The number of carbonyl (C=O) groups excluding carboxylic acids is 1. The van der Waals surface area contributed by atoms with Crippen molar-refractivity contribution in [2.24, 2.45) is 0 Å². The van der Waals surface area contributed by atoms with Gasteiger partial charge in [0.05, 0.1) is 25.4 Å². The van der Waals surface area contributed by atoms with Gasteiger partial charge in [0.25, 0.3) is 5.91 Å². The van der Waals surface area contributed by atoms with Crippen LogP contribution in [0.25, 0.3) is 0 Å². The molecule has 1 unspecified atom stereocenters. The zero-order valence-corrected chi connectivity index (χ0v) is 20.0. The summed E-state index contributed by atoms with van der Waals surface area (Å²) in [5.74, 6) is -3.00. The maximum atomic E-state index is 14.2. The number of likely N-dealkylation sites (N-methyl/N-ethyl adjacent to an activating group) is 1. The van der Waals surface area contributed by atoms with Gasteiger partial charge in [0.15, 0.2) is 11.4 Å². The van der Waals surface area contributed by atoms with E-state index in [1.54, 1.807) is 32.9 Å². The highest BCUT2D eigenvalue weighted by Crippen LogP contribution is 2.44. The monoisotopic (exact) mass is 493 g/mol. The van der Waals surface area contributed by atoms with Gasteiger partial charge < -0.3 is 24.3 Å². The van der Waals surface area contributed by atoms with E-state index in [0.717, 1.165) is 12.1 Å². The predicted octanol–water partition coefficient (Wildman–Crippen LogP) is 4.39. The third kappa shape index (κ3) is 5.86. The summed E-state index contributed by atoms with van der Waals surface area (Å²) in [6.07, 6.45) is -1.35. The second-order valence-corrected chi connectivity index (χ2v) is 9.40. The molecule has 9 heteroatoms. The normalized spacial score (nSPS) is 27.4. The molecule has 1 aliphatic carbocycles. The van der Waals surface area contributed by atoms with Gasteiger partial charge in [-0.1, -0.05) is 18.2 Å². The number of benzene rings is 2. The number of rotatable bonds is 8. The van der Waals surface area contributed by atoms with E-state index in [2.05, 4.69) is 5.32 Å². The van der Waals surface area contributed by atoms with Crippen molar-refractivity contribution in [3.05, 3.63) is 71.0 Å². The van der Waals surface area contributed by atoms with Crippen LogP contribution in [0.15, 0.2) is 42.5 Å². The van der Waals surface area contributed by atoms with E-state index in [9.17, 15) is 18.0 Å². The first-order valence-electron chi connectivity index (χ1n) is 11.7. The average molecular weight is 494 g/mol. The van der Waals surface area contributed by atoms with Crippen LogP contribution in [0.5, 0.6) is 0 Å². The first-order valence-corrected chi connectivity index (χ1v) is 11.7. The number of amides is 1. The molecule has 0 radical (unpaired) electrons. The van der Waals surface area contributed by atoms with E-state index in [4.69, 9.17) is 18.9 Å². The van der Waals surface area contributed by atoms with Gasteiger partial charge in [0.1, 0.15) is 23.6 Å². The second kappa shape index (κ2) is 10.3. The summed E-state index contributed by atoms with van der Waals surface area (Å²) in [6, 6.07) is 9.12. The van der Waals surface area contributed by atoms with Crippen LogP contribution in [0, 0.1) is 17.5 Å². The first kappa shape index (κ1) is 25.6. The fourth-order valence-corrected chi connectivity index (χ4v) is 4.67. The van der Waals surface area contributed by atoms with E-state index in [-0.39, 0.29) is 43.3 Å². The van der Waals surface area contributed by atoms with E-state index in [1.165, 1.54) is 18.2 Å². The van der Waals surface area contributed by atoms with Crippen molar-refractivity contribution in [2.45, 2.75) is 76.5 Å². The Labute approximate surface area is 202 Å². The van der Waals surface area contributed by atoms with Gasteiger partial charge in [-0.2, -0.15) is 0 Å². The maximum absolute atomic E-state index is 14.2. The van der Waals surface area contributed by atoms with Crippen LogP contribution < -0.4 is 5.32 Å². The Hall–Kier alpha value is -2.46. The Morgan fingerprint density at radius 2 is 1.74 bits per heavy atom. The minimum atomic E-state index is -1.32. The van der Waals surface area contributed by atoms with Crippen molar-refractivity contribution in [1.82, 2.24) is 5.32 Å². The Bertz CT molecular complexity index is 1050. The molecule has 4 rings (SSSR count). The first-order chi connectivity index (χ1) is 16.6. The van der Waals surface area contributed by atoms with Crippen molar-refractivity contribution in [3.63, 3.8) is 0 Å². The number of nitrogens with one attached hydrogen (secondary N) is 1. The van der Waals surface area contributed by atoms with Crippen molar-refractivity contribution >= 4 is 5.91 Å². The number of carbonyl (C=O) groups is 1. The summed E-state index contributed by atoms with van der Waals surface area (Å²) in [5.41, 5.74) is -0.434. The van der Waals surface area contributed by atoms with Crippen LogP contribution in [0.3, 0.4) is 0 Å². The third-order valence-electron chi connectivity index (χ3n) is 6.30. The Morgan fingerprint density at radius 1 is 1.03 bits per heavy atom. The lowest BCUT2D eigenvalue weighted by Gasteiger charge is -2.43. The quantitative estimate of drug-likeness (QED) is 0.591. The van der Waals surface area contributed by atoms with Gasteiger partial charge in [-0.05, 0) is 44.5 Å². The van der Waals surface area contributed by atoms with E-state index in [1.807, 2.05) is 0 Å². The summed E-state index contributed by atoms with van der Waals surface area (Å²) in [6.45, 7) is 5.67. The Balaban J connectivity index is 1.59. The van der Waals surface area contributed by atoms with Gasteiger partial charge in [0.2, 0.25) is 0 Å². The van der Waals surface area contributed by atoms with Crippen LogP contribution >= 0.6 is 0 Å². The number of hydrogen-bond donors (Lipinski definition) is 1. The third-order valence-corrected chi connectivity index (χ3v) is 6.30. The van der Waals surface area contributed by atoms with Gasteiger partial charge in [-0.25, -0.2) is 13.2 Å². The number of ether oxygens (including phenoxy) is 4. The molecule has 6 nitrogen and oxygen atoms in total. The minimum absolute atomic E-state index is 0.0678. The topological polar surface area (TPSA) is 66.0 Å². The predicted molar refractivity (Wildman–Crippen MR) is 121 cm³/mol. The van der Waals surface area contributed by atoms with Crippen LogP contribution in [0.4, 0.5) is 13.2 Å². The van der Waals surface area contributed by atoms with Crippen LogP contribution in [0.2, 0.25) is 0 Å². The highest BCUT2D eigenvalue weighted by Gasteiger charge is 2.58. The van der Waals surface area contributed by atoms with Gasteiger partial charge in [-0.15, -0.1) is 0 Å². The minimum Gasteiger partial charge on any atom is -0.370 e. The molecule has 0 bridgehead atoms. The fraction of sp³-hybridized carbons (Fsp3) is 0.500. The lowest BCUT2D eigenvalue weighted by Crippen LogP contribution is -2.60. The highest BCUT2D eigenvalue weighted by atomic mass is 19.1. The molecule has 2 aromatic carbocycles. The molecule has 4 atom stereocenters. The molecule has 35 heavy (non-hydrogen) atoms. The van der Waals surface area contributed by atoms with Gasteiger partial charge in [0, 0.05) is 31.0 Å². The molecular formula is C26H30F3NO5. The molecule has 1 amide bonds. The molecule has 2 aromatic rings. The Kier molecular flexibility index (Phi) is 7.51. The largest absolute Gasteiger partial charge is 0.370 e. The fourth-order valence-electron chi connectivity index (χ4n) is 4.67. The number of hydrogen-bond acceptors (Lipinski definition) is 5. The second-order valence-electron chi connectivity index (χ2n) is 9.40. The van der Waals surface area contributed by atoms with Crippen LogP contribution in [0.1, 0.15) is 44.7 Å². The van der Waals surface area contributed by atoms with Crippen LogP contribution in [-0.4, -0.2) is 42.2 Å². The molecule has 2 aliphatic rings. The van der Waals surface area contributed by atoms with Crippen LogP contribution in [-0.2, 0) is 37.0 Å². The Morgan fingerprint density at radius 3 is 2.43 bits per heavy atom. The molecule has 1 saturated heterocycles. The molecule has 1 heterocycles. The molecule has 1 saturated carbocycles. The summed E-state index contributed by atoms with van der Waals surface area (Å²) in [7, 11) is 0. The molecular weight excluding hydrogens is 463 g/mol. The van der Waals surface area contributed by atoms with E-state index >= 15 is 0 Å². The SMILES string of the molecule is CCNC(=O)[C@@]1(OCc2ccc(F)cc2)CC(OCc2ccc(F)cc2F)[C@@H]2OC(C)(C)O[C@@H]2C1. The van der Waals surface area contributed by atoms with Crippen molar-refractivity contribution < 1.29 is 36.9 Å². The summed E-state index contributed by atoms with van der Waals surface area (Å²) < 4.78 is 65.3. The van der Waals surface area contributed by atoms with E-state index < -0.39 is 41.3 Å². The molecule has 2 fully saturated rings. The average Bonchev–Trinajstić information content (AvgIpc) is 3.12. The maximum Gasteiger partial charge on any atom is 0.252 e. The molecule has 1 N–H and O–H groups in total. The molecule has 1 aliphatic heterocycles. The molecule has 0 aromatic heterocycles. The lowest BCUT2D eigenvalue weighted by molar-refractivity contribution is -0.183. The summed E-state index contributed by atoms with van der Waals surface area (Å²) in [4.78, 5) is 13.3. The molecule has 190 valence electrons. The van der Waals surface area contributed by atoms with Crippen molar-refractivity contribution in [3.8, 4) is 0 Å². The van der Waals surface area contributed by atoms with E-state index in [0.29, 0.717) is 12.1 Å². The van der Waals surface area contributed by atoms with Crippen molar-refractivity contribution in [2.75, 3.05) is 6.54 Å². The van der Waals surface area contributed by atoms with Gasteiger partial charge >= 0.3 is 0 Å². The summed E-state index contributed by atoms with van der Waals surface area (Å²) in [5, 5.41) is 2.83. The number of fused-ring (bicyclic) bond motifs is 1. The zero-order valence-electron chi connectivity index (χ0n) is 20.0. The lowest BCUT2D eigenvalue weighted by atomic mass is 9.78. The van der Waals surface area contributed by atoms with Gasteiger partial charge in [-0.3, -0.25) is 4.79 Å².